The zero-order valence-corrected chi connectivity index (χ0v) is 12.1. The highest BCUT2D eigenvalue weighted by Gasteiger charge is 2.07. The monoisotopic (exact) mass is 285 g/mol. The summed E-state index contributed by atoms with van der Waals surface area (Å²) in [4.78, 5) is 12.0. The first kappa shape index (κ1) is 16.4. The molecular formula is C12H23N5O3. The molecule has 1 rings (SSSR count). The molecule has 3 N–H and O–H groups in total. The third-order valence-corrected chi connectivity index (χ3v) is 2.26. The first-order chi connectivity index (χ1) is 9.80. The second-order valence-corrected chi connectivity index (χ2v) is 4.03. The van der Waals surface area contributed by atoms with Gasteiger partial charge in [0.2, 0.25) is 5.95 Å². The van der Waals surface area contributed by atoms with E-state index in [-0.39, 0.29) is 18.0 Å². The topological polar surface area (TPSA) is 104 Å². The predicted octanol–water partition coefficient (Wildman–Crippen LogP) is 1.14. The molecule has 114 valence electrons. The summed E-state index contributed by atoms with van der Waals surface area (Å²) in [5.74, 6) is 5.49. The van der Waals surface area contributed by atoms with Crippen molar-refractivity contribution in [2.75, 3.05) is 31.9 Å². The van der Waals surface area contributed by atoms with Crippen molar-refractivity contribution >= 4 is 5.95 Å². The van der Waals surface area contributed by atoms with E-state index in [1.54, 1.807) is 0 Å². The van der Waals surface area contributed by atoms with Gasteiger partial charge in [0.05, 0.1) is 13.2 Å². The smallest absolute Gasteiger partial charge is 0.324 e. The van der Waals surface area contributed by atoms with Crippen LogP contribution in [0, 0.1) is 0 Å². The zero-order chi connectivity index (χ0) is 14.6. The van der Waals surface area contributed by atoms with Crippen LogP contribution >= 0.6 is 0 Å². The van der Waals surface area contributed by atoms with Crippen molar-refractivity contribution in [3.05, 3.63) is 0 Å². The van der Waals surface area contributed by atoms with Crippen molar-refractivity contribution < 1.29 is 14.2 Å². The summed E-state index contributed by atoms with van der Waals surface area (Å²) in [6.45, 7) is 6.22. The summed E-state index contributed by atoms with van der Waals surface area (Å²) in [6.07, 6.45) is 3.01. The highest BCUT2D eigenvalue weighted by atomic mass is 16.5. The van der Waals surface area contributed by atoms with Crippen LogP contribution in [0.3, 0.4) is 0 Å². The highest BCUT2D eigenvalue weighted by Crippen LogP contribution is 2.12. The van der Waals surface area contributed by atoms with E-state index in [0.29, 0.717) is 19.8 Å². The molecule has 0 saturated carbocycles. The van der Waals surface area contributed by atoms with Crippen LogP contribution in [0.2, 0.25) is 0 Å². The lowest BCUT2D eigenvalue weighted by molar-refractivity contribution is 0.0942. The van der Waals surface area contributed by atoms with Crippen LogP contribution in [0.25, 0.3) is 0 Å². The Bertz CT molecular complexity index is 378. The zero-order valence-electron chi connectivity index (χ0n) is 12.1. The number of nitrogens with two attached hydrogens (primary N) is 1. The lowest BCUT2D eigenvalue weighted by Crippen LogP contribution is -2.15. The van der Waals surface area contributed by atoms with Crippen LogP contribution in [0.15, 0.2) is 0 Å². The molecule has 0 saturated heterocycles. The van der Waals surface area contributed by atoms with Gasteiger partial charge in [-0.3, -0.25) is 5.43 Å². The Morgan fingerprint density at radius 2 is 1.60 bits per heavy atom. The minimum Gasteiger partial charge on any atom is -0.463 e. The van der Waals surface area contributed by atoms with Crippen molar-refractivity contribution in [1.82, 2.24) is 15.0 Å². The Morgan fingerprint density at radius 1 is 0.900 bits per heavy atom. The van der Waals surface area contributed by atoms with Gasteiger partial charge < -0.3 is 14.2 Å². The van der Waals surface area contributed by atoms with E-state index in [0.717, 1.165) is 25.9 Å². The number of nitrogen functional groups attached to an aromatic ring is 1. The number of anilines is 1. The maximum absolute atomic E-state index is 5.39. The number of nitrogens with one attached hydrogen (secondary N) is 1. The maximum Gasteiger partial charge on any atom is 0.324 e. The number of unbranched alkanes of at least 4 members (excludes halogenated alkanes) is 1. The average Bonchev–Trinajstić information content (AvgIpc) is 2.48. The molecule has 1 aromatic heterocycles. The lowest BCUT2D eigenvalue weighted by atomic mass is 10.4. The van der Waals surface area contributed by atoms with Crippen molar-refractivity contribution in [2.45, 2.75) is 33.1 Å². The Morgan fingerprint density at radius 3 is 2.20 bits per heavy atom. The molecule has 1 aromatic rings. The summed E-state index contributed by atoms with van der Waals surface area (Å²) in [5.41, 5.74) is 2.35. The molecule has 0 aliphatic rings. The Balaban J connectivity index is 2.42. The van der Waals surface area contributed by atoms with Gasteiger partial charge in [0.15, 0.2) is 0 Å². The first-order valence-electron chi connectivity index (χ1n) is 6.86. The molecule has 8 heteroatoms. The number of hydrogen-bond donors (Lipinski definition) is 2. The number of rotatable bonds is 11. The summed E-state index contributed by atoms with van der Waals surface area (Å²) < 4.78 is 16.1. The van der Waals surface area contributed by atoms with Crippen LogP contribution in [0.5, 0.6) is 12.0 Å². The fourth-order valence-electron chi connectivity index (χ4n) is 1.27. The van der Waals surface area contributed by atoms with Crippen molar-refractivity contribution in [3.63, 3.8) is 0 Å². The van der Waals surface area contributed by atoms with Gasteiger partial charge in [0.1, 0.15) is 6.61 Å². The van der Waals surface area contributed by atoms with Crippen molar-refractivity contribution in [1.29, 1.82) is 0 Å². The summed E-state index contributed by atoms with van der Waals surface area (Å²) in [6, 6.07) is 0.356. The van der Waals surface area contributed by atoms with E-state index in [2.05, 4.69) is 27.3 Å². The molecule has 0 aromatic carbocycles. The van der Waals surface area contributed by atoms with Gasteiger partial charge in [-0.2, -0.15) is 9.97 Å². The SMILES string of the molecule is CCCCOCCOc1nc(NN)nc(OCCC)n1. The minimum absolute atomic E-state index is 0.165. The first-order valence-corrected chi connectivity index (χ1v) is 6.86. The van der Waals surface area contributed by atoms with E-state index in [9.17, 15) is 0 Å². The minimum atomic E-state index is 0.165. The van der Waals surface area contributed by atoms with Crippen molar-refractivity contribution in [3.8, 4) is 12.0 Å². The number of nitrogens with zero attached hydrogens (tertiary/aromatic N) is 3. The number of aromatic nitrogens is 3. The van der Waals surface area contributed by atoms with Gasteiger partial charge in [0.25, 0.3) is 0 Å². The highest BCUT2D eigenvalue weighted by molar-refractivity contribution is 5.25. The summed E-state index contributed by atoms with van der Waals surface area (Å²) in [5, 5.41) is 0. The Kier molecular flexibility index (Phi) is 8.32. The van der Waals surface area contributed by atoms with E-state index < -0.39 is 0 Å². The second kappa shape index (κ2) is 10.2. The quantitative estimate of drug-likeness (QED) is 0.354. The Labute approximate surface area is 119 Å². The lowest BCUT2D eigenvalue weighted by Gasteiger charge is -2.08. The molecule has 0 spiro atoms. The normalized spacial score (nSPS) is 10.3. The van der Waals surface area contributed by atoms with E-state index in [1.807, 2.05) is 6.92 Å². The third kappa shape index (κ3) is 6.48. The van der Waals surface area contributed by atoms with Crippen LogP contribution in [0.4, 0.5) is 5.95 Å². The fourth-order valence-corrected chi connectivity index (χ4v) is 1.27. The van der Waals surface area contributed by atoms with Gasteiger partial charge >= 0.3 is 12.0 Å². The van der Waals surface area contributed by atoms with Gasteiger partial charge in [-0.25, -0.2) is 5.84 Å². The molecule has 0 atom stereocenters. The van der Waals surface area contributed by atoms with E-state index >= 15 is 0 Å². The molecule has 0 aliphatic carbocycles. The molecule has 0 radical (unpaired) electrons. The van der Waals surface area contributed by atoms with Gasteiger partial charge in [-0.1, -0.05) is 20.3 Å². The van der Waals surface area contributed by atoms with Crippen LogP contribution in [-0.4, -0.2) is 41.4 Å². The molecule has 0 amide bonds. The molecule has 0 fully saturated rings. The van der Waals surface area contributed by atoms with Gasteiger partial charge in [-0.15, -0.1) is 4.98 Å². The third-order valence-electron chi connectivity index (χ3n) is 2.26. The van der Waals surface area contributed by atoms with Crippen LogP contribution in [0.1, 0.15) is 33.1 Å². The van der Waals surface area contributed by atoms with E-state index in [1.165, 1.54) is 0 Å². The molecule has 0 unspecified atom stereocenters. The average molecular weight is 285 g/mol. The predicted molar refractivity (Wildman–Crippen MR) is 74.6 cm³/mol. The molecule has 1 heterocycles. The molecule has 0 bridgehead atoms. The van der Waals surface area contributed by atoms with Gasteiger partial charge in [-0.05, 0) is 12.8 Å². The summed E-state index contributed by atoms with van der Waals surface area (Å²) >= 11 is 0. The standard InChI is InChI=1S/C12H23N5O3/c1-3-5-7-18-8-9-20-12-15-10(17-13)14-11(16-12)19-6-4-2/h3-9,13H2,1-2H3,(H,14,15,16,17). The number of ether oxygens (including phenoxy) is 3. The molecule has 8 nitrogen and oxygen atoms in total. The van der Waals surface area contributed by atoms with Crippen molar-refractivity contribution in [2.24, 2.45) is 5.84 Å². The van der Waals surface area contributed by atoms with E-state index in [4.69, 9.17) is 20.1 Å². The number of hydrazine groups is 1. The molecule has 0 aliphatic heterocycles. The van der Waals surface area contributed by atoms with Gasteiger partial charge in [0, 0.05) is 6.61 Å². The summed E-state index contributed by atoms with van der Waals surface area (Å²) in [7, 11) is 0. The number of hydrogen-bond acceptors (Lipinski definition) is 8. The molecular weight excluding hydrogens is 262 g/mol. The second-order valence-electron chi connectivity index (χ2n) is 4.03. The van der Waals surface area contributed by atoms with Crippen LogP contribution in [-0.2, 0) is 4.74 Å². The largest absolute Gasteiger partial charge is 0.463 e. The fraction of sp³-hybridized carbons (Fsp3) is 0.750. The van der Waals surface area contributed by atoms with Crippen LogP contribution < -0.4 is 20.7 Å². The Hall–Kier alpha value is -1.67. The maximum atomic E-state index is 5.39. The molecule has 20 heavy (non-hydrogen) atoms.